The molecule has 1 N–H and O–H groups in total. The molecular formula is C22H29N3O3. The average Bonchev–Trinajstić information content (AvgIpc) is 3.07. The number of carbonyl (C=O) groups is 2. The number of carbonyl (C=O) groups excluding carboxylic acids is 2. The molecule has 28 heavy (non-hydrogen) atoms. The van der Waals surface area contributed by atoms with E-state index >= 15 is 0 Å². The van der Waals surface area contributed by atoms with Crippen LogP contribution >= 0.6 is 0 Å². The number of hydrogen-bond acceptors (Lipinski definition) is 3. The number of nitrogens with one attached hydrogen (secondary N) is 1. The molecule has 2 atom stereocenters. The number of amides is 2. The van der Waals surface area contributed by atoms with Crippen LogP contribution < -0.4 is 0 Å². The zero-order chi connectivity index (χ0) is 19.7. The van der Waals surface area contributed by atoms with Crippen molar-refractivity contribution in [3.8, 4) is 0 Å². The van der Waals surface area contributed by atoms with Crippen LogP contribution in [0.1, 0.15) is 50.4 Å². The Bertz CT molecular complexity index is 875. The van der Waals surface area contributed by atoms with Crippen LogP contribution in [0.3, 0.4) is 0 Å². The van der Waals surface area contributed by atoms with E-state index in [0.29, 0.717) is 19.6 Å². The lowest BCUT2D eigenvalue weighted by Gasteiger charge is -2.46. The first-order chi connectivity index (χ1) is 13.6. The van der Waals surface area contributed by atoms with Gasteiger partial charge in [0.25, 0.3) is 0 Å². The summed E-state index contributed by atoms with van der Waals surface area (Å²) in [4.78, 5) is 33.0. The fourth-order valence-electron chi connectivity index (χ4n) is 4.52. The van der Waals surface area contributed by atoms with E-state index in [0.717, 1.165) is 42.5 Å². The molecule has 2 aliphatic rings. The molecule has 0 spiro atoms. The number of aromatic amines is 1. The van der Waals surface area contributed by atoms with Gasteiger partial charge in [-0.15, -0.1) is 0 Å². The minimum absolute atomic E-state index is 0.0355. The number of hydrogen-bond donors (Lipinski definition) is 1. The van der Waals surface area contributed by atoms with E-state index in [4.69, 9.17) is 4.74 Å². The van der Waals surface area contributed by atoms with Crippen molar-refractivity contribution in [1.29, 1.82) is 0 Å². The number of aromatic nitrogens is 1. The topological polar surface area (TPSA) is 65.6 Å². The van der Waals surface area contributed by atoms with Gasteiger partial charge in [0.1, 0.15) is 6.04 Å². The van der Waals surface area contributed by atoms with Crippen molar-refractivity contribution in [2.75, 3.05) is 26.3 Å². The molecule has 4 rings (SSSR count). The van der Waals surface area contributed by atoms with Crippen molar-refractivity contribution in [1.82, 2.24) is 14.8 Å². The number of unbranched alkanes of at least 4 members (excludes halogenated alkanes) is 1. The van der Waals surface area contributed by atoms with Crippen LogP contribution in [0.2, 0.25) is 0 Å². The zero-order valence-corrected chi connectivity index (χ0v) is 16.7. The van der Waals surface area contributed by atoms with Crippen molar-refractivity contribution in [3.63, 3.8) is 0 Å². The standard InChI is InChI=1S/C22H29N3O3/c1-3-4-11-28-12-7-10-24-14-20(26)25-15(2)21-17(13-19(25)22(24)27)16-8-5-6-9-18(16)23-21/h5-6,8-9,15,19,23H,3-4,7,10-14H2,1-2H3/t15-,19+/m0/s1. The number of para-hydroxylation sites is 1. The summed E-state index contributed by atoms with van der Waals surface area (Å²) < 4.78 is 5.60. The molecule has 150 valence electrons. The molecule has 6 nitrogen and oxygen atoms in total. The number of rotatable bonds is 7. The van der Waals surface area contributed by atoms with Gasteiger partial charge in [-0.05, 0) is 31.4 Å². The van der Waals surface area contributed by atoms with Crippen molar-refractivity contribution < 1.29 is 14.3 Å². The summed E-state index contributed by atoms with van der Waals surface area (Å²) >= 11 is 0. The van der Waals surface area contributed by atoms with Gasteiger partial charge in [0.15, 0.2) is 0 Å². The van der Waals surface area contributed by atoms with E-state index < -0.39 is 6.04 Å². The monoisotopic (exact) mass is 383 g/mol. The zero-order valence-electron chi connectivity index (χ0n) is 16.7. The highest BCUT2D eigenvalue weighted by Crippen LogP contribution is 2.38. The van der Waals surface area contributed by atoms with Crippen molar-refractivity contribution in [2.45, 2.75) is 51.6 Å². The number of piperazine rings is 1. The van der Waals surface area contributed by atoms with Gasteiger partial charge in [-0.2, -0.15) is 0 Å². The second-order valence-corrected chi connectivity index (χ2v) is 7.84. The molecule has 1 saturated heterocycles. The van der Waals surface area contributed by atoms with Crippen LogP contribution in [0, 0.1) is 0 Å². The summed E-state index contributed by atoms with van der Waals surface area (Å²) in [6, 6.07) is 7.65. The van der Waals surface area contributed by atoms with Gasteiger partial charge < -0.3 is 19.5 Å². The van der Waals surface area contributed by atoms with E-state index in [9.17, 15) is 9.59 Å². The van der Waals surface area contributed by atoms with Gasteiger partial charge in [-0.1, -0.05) is 31.5 Å². The van der Waals surface area contributed by atoms with Crippen molar-refractivity contribution in [3.05, 3.63) is 35.5 Å². The third kappa shape index (κ3) is 3.30. The number of nitrogens with zero attached hydrogens (tertiary/aromatic N) is 2. The summed E-state index contributed by atoms with van der Waals surface area (Å²) in [5.74, 6) is 0.101. The normalized spacial score (nSPS) is 21.9. The Morgan fingerprint density at radius 2 is 1.96 bits per heavy atom. The first kappa shape index (κ1) is 19.0. The molecule has 2 aromatic rings. The van der Waals surface area contributed by atoms with Crippen LogP contribution in [-0.2, 0) is 20.7 Å². The molecule has 0 saturated carbocycles. The van der Waals surface area contributed by atoms with E-state index in [1.807, 2.05) is 25.1 Å². The number of fused-ring (bicyclic) bond motifs is 4. The highest BCUT2D eigenvalue weighted by Gasteiger charge is 2.45. The van der Waals surface area contributed by atoms with E-state index in [2.05, 4.69) is 18.0 Å². The molecule has 0 aliphatic carbocycles. The summed E-state index contributed by atoms with van der Waals surface area (Å²) in [6.07, 6.45) is 3.52. The molecule has 0 bridgehead atoms. The lowest BCUT2D eigenvalue weighted by atomic mass is 9.90. The molecule has 2 aliphatic heterocycles. The molecular weight excluding hydrogens is 354 g/mol. The fourth-order valence-corrected chi connectivity index (χ4v) is 4.52. The summed E-state index contributed by atoms with van der Waals surface area (Å²) in [7, 11) is 0. The average molecular weight is 383 g/mol. The predicted octanol–water partition coefficient (Wildman–Crippen LogP) is 3.03. The second-order valence-electron chi connectivity index (χ2n) is 7.84. The molecule has 0 unspecified atom stereocenters. The summed E-state index contributed by atoms with van der Waals surface area (Å²) in [6.45, 7) is 6.30. The Kier molecular flexibility index (Phi) is 5.40. The molecule has 6 heteroatoms. The SMILES string of the molecule is CCCCOCCCN1CC(=O)N2[C@H](Cc3c([nH]c4ccccc34)[C@@H]2C)C1=O. The minimum atomic E-state index is -0.399. The summed E-state index contributed by atoms with van der Waals surface area (Å²) in [5, 5.41) is 1.16. The van der Waals surface area contributed by atoms with Crippen LogP contribution in [0.4, 0.5) is 0 Å². The largest absolute Gasteiger partial charge is 0.381 e. The van der Waals surface area contributed by atoms with Gasteiger partial charge in [0.05, 0.1) is 12.6 Å². The molecule has 1 aromatic carbocycles. The minimum Gasteiger partial charge on any atom is -0.381 e. The van der Waals surface area contributed by atoms with Crippen molar-refractivity contribution in [2.24, 2.45) is 0 Å². The molecule has 0 radical (unpaired) electrons. The Morgan fingerprint density at radius 1 is 1.18 bits per heavy atom. The van der Waals surface area contributed by atoms with E-state index in [1.165, 1.54) is 5.56 Å². The maximum atomic E-state index is 13.2. The molecule has 3 heterocycles. The maximum Gasteiger partial charge on any atom is 0.246 e. The first-order valence-corrected chi connectivity index (χ1v) is 10.4. The van der Waals surface area contributed by atoms with Crippen LogP contribution in [0.5, 0.6) is 0 Å². The predicted molar refractivity (Wildman–Crippen MR) is 108 cm³/mol. The fraction of sp³-hybridized carbons (Fsp3) is 0.545. The third-order valence-corrected chi connectivity index (χ3v) is 5.98. The smallest absolute Gasteiger partial charge is 0.246 e. The third-order valence-electron chi connectivity index (χ3n) is 5.98. The number of H-pyrrole nitrogens is 1. The maximum absolute atomic E-state index is 13.2. The first-order valence-electron chi connectivity index (χ1n) is 10.4. The Hall–Kier alpha value is -2.34. The Labute approximate surface area is 165 Å². The van der Waals surface area contributed by atoms with Crippen molar-refractivity contribution >= 4 is 22.7 Å². The highest BCUT2D eigenvalue weighted by molar-refractivity contribution is 5.97. The van der Waals surface area contributed by atoms with Gasteiger partial charge in [0.2, 0.25) is 11.8 Å². The quantitative estimate of drug-likeness (QED) is 0.748. The lowest BCUT2D eigenvalue weighted by molar-refractivity contribution is -0.159. The van der Waals surface area contributed by atoms with Gasteiger partial charge >= 0.3 is 0 Å². The van der Waals surface area contributed by atoms with Gasteiger partial charge in [-0.25, -0.2) is 0 Å². The van der Waals surface area contributed by atoms with E-state index in [-0.39, 0.29) is 24.4 Å². The highest BCUT2D eigenvalue weighted by atomic mass is 16.5. The van der Waals surface area contributed by atoms with E-state index in [1.54, 1.807) is 9.80 Å². The summed E-state index contributed by atoms with van der Waals surface area (Å²) in [5.41, 5.74) is 3.31. The van der Waals surface area contributed by atoms with Gasteiger partial charge in [0, 0.05) is 42.8 Å². The van der Waals surface area contributed by atoms with Crippen LogP contribution in [0.25, 0.3) is 10.9 Å². The lowest BCUT2D eigenvalue weighted by Crippen LogP contribution is -2.62. The number of ether oxygens (including phenoxy) is 1. The van der Waals surface area contributed by atoms with Crippen LogP contribution in [0.15, 0.2) is 24.3 Å². The Morgan fingerprint density at radius 3 is 2.79 bits per heavy atom. The van der Waals surface area contributed by atoms with Gasteiger partial charge in [-0.3, -0.25) is 9.59 Å². The molecule has 1 aromatic heterocycles. The number of benzene rings is 1. The second kappa shape index (κ2) is 7.95. The van der Waals surface area contributed by atoms with Crippen LogP contribution in [-0.4, -0.2) is 58.9 Å². The molecule has 2 amide bonds. The molecule has 1 fully saturated rings. The Balaban J connectivity index is 1.49.